The summed E-state index contributed by atoms with van der Waals surface area (Å²) in [5.41, 5.74) is 4.10. The molecule has 0 saturated heterocycles. The molecule has 0 unspecified atom stereocenters. The van der Waals surface area contributed by atoms with Gasteiger partial charge in [-0.05, 0) is 20.8 Å². The van der Waals surface area contributed by atoms with Crippen molar-refractivity contribution in [3.05, 3.63) is 0 Å². The maximum atomic E-state index is 11.5. The molecule has 16 heavy (non-hydrogen) atoms. The molecule has 0 aliphatic carbocycles. The Labute approximate surface area is 96.0 Å². The number of carbonyl (C=O) groups is 2. The Morgan fingerprint density at radius 3 is 2.00 bits per heavy atom. The van der Waals surface area contributed by atoms with Crippen LogP contribution < -0.4 is 5.73 Å². The van der Waals surface area contributed by atoms with Crippen molar-refractivity contribution in [2.75, 3.05) is 0 Å². The van der Waals surface area contributed by atoms with Gasteiger partial charge in [0.15, 0.2) is 0 Å². The van der Waals surface area contributed by atoms with Gasteiger partial charge in [0.25, 0.3) is 0 Å². The molecule has 0 aliphatic heterocycles. The van der Waals surface area contributed by atoms with Gasteiger partial charge < -0.3 is 15.6 Å². The molecule has 3 N–H and O–H groups in total. The highest BCUT2D eigenvalue weighted by atomic mass is 16.6. The van der Waals surface area contributed by atoms with Crippen LogP contribution in [0.5, 0.6) is 0 Å². The minimum absolute atomic E-state index is 0.0161. The highest BCUT2D eigenvalue weighted by molar-refractivity contribution is 5.77. The van der Waals surface area contributed by atoms with Gasteiger partial charge in [-0.25, -0.2) is 0 Å². The van der Waals surface area contributed by atoms with Gasteiger partial charge >= 0.3 is 11.9 Å². The average Bonchev–Trinajstić information content (AvgIpc) is 1.97. The van der Waals surface area contributed by atoms with Crippen LogP contribution in [0.15, 0.2) is 0 Å². The fourth-order valence-corrected chi connectivity index (χ4v) is 1.19. The van der Waals surface area contributed by atoms with Crippen molar-refractivity contribution in [3.8, 4) is 0 Å². The van der Waals surface area contributed by atoms with E-state index in [1.165, 1.54) is 0 Å². The highest BCUT2D eigenvalue weighted by Crippen LogP contribution is 2.25. The second kappa shape index (κ2) is 4.82. The number of rotatable bonds is 4. The SMILES string of the molecule is CC(C)(C)OC(=O)CC(C)(C)[C@H](N)C(=O)O. The van der Waals surface area contributed by atoms with Gasteiger partial charge in [-0.1, -0.05) is 13.8 Å². The van der Waals surface area contributed by atoms with E-state index < -0.39 is 29.0 Å². The lowest BCUT2D eigenvalue weighted by molar-refractivity contribution is -0.158. The lowest BCUT2D eigenvalue weighted by Crippen LogP contribution is -2.45. The highest BCUT2D eigenvalue weighted by Gasteiger charge is 2.35. The number of carboxylic acids is 1. The third kappa shape index (κ3) is 5.11. The van der Waals surface area contributed by atoms with Crippen LogP contribution in [0, 0.1) is 5.41 Å². The maximum absolute atomic E-state index is 11.5. The molecule has 5 nitrogen and oxygen atoms in total. The fraction of sp³-hybridized carbons (Fsp3) is 0.818. The molecule has 0 saturated carbocycles. The molecule has 0 radical (unpaired) electrons. The van der Waals surface area contributed by atoms with Crippen molar-refractivity contribution >= 4 is 11.9 Å². The summed E-state index contributed by atoms with van der Waals surface area (Å²) in [5.74, 6) is -1.55. The molecular formula is C11H21NO4. The third-order valence-corrected chi connectivity index (χ3v) is 2.13. The predicted molar refractivity (Wildman–Crippen MR) is 59.9 cm³/mol. The van der Waals surface area contributed by atoms with Crippen LogP contribution in [0.4, 0.5) is 0 Å². The topological polar surface area (TPSA) is 89.6 Å². The van der Waals surface area contributed by atoms with E-state index in [9.17, 15) is 9.59 Å². The van der Waals surface area contributed by atoms with E-state index in [4.69, 9.17) is 15.6 Å². The molecule has 0 aromatic carbocycles. The van der Waals surface area contributed by atoms with Crippen molar-refractivity contribution in [2.45, 2.75) is 52.7 Å². The van der Waals surface area contributed by atoms with Gasteiger partial charge in [-0.3, -0.25) is 9.59 Å². The number of carboxylic acid groups (broad SMARTS) is 1. The van der Waals surface area contributed by atoms with Gasteiger partial charge in [0.1, 0.15) is 11.6 Å². The summed E-state index contributed by atoms with van der Waals surface area (Å²) in [6, 6.07) is -1.08. The molecule has 0 fully saturated rings. The van der Waals surface area contributed by atoms with Crippen molar-refractivity contribution in [3.63, 3.8) is 0 Å². The van der Waals surface area contributed by atoms with Gasteiger partial charge in [0.2, 0.25) is 0 Å². The maximum Gasteiger partial charge on any atom is 0.321 e. The normalized spacial score (nSPS) is 14.4. The first kappa shape index (κ1) is 14.9. The summed E-state index contributed by atoms with van der Waals surface area (Å²) in [6.45, 7) is 8.55. The van der Waals surface area contributed by atoms with Crippen molar-refractivity contribution in [1.29, 1.82) is 0 Å². The Morgan fingerprint density at radius 2 is 1.69 bits per heavy atom. The predicted octanol–water partition coefficient (Wildman–Crippen LogP) is 1.16. The number of nitrogens with two attached hydrogens (primary N) is 1. The first-order valence-corrected chi connectivity index (χ1v) is 5.16. The minimum atomic E-state index is -1.12. The fourth-order valence-electron chi connectivity index (χ4n) is 1.19. The average molecular weight is 231 g/mol. The number of carbonyl (C=O) groups excluding carboxylic acids is 1. The number of esters is 1. The molecule has 0 rings (SSSR count). The number of ether oxygens (including phenoxy) is 1. The van der Waals surface area contributed by atoms with Crippen molar-refractivity contribution < 1.29 is 19.4 Å². The molecule has 0 aromatic heterocycles. The quantitative estimate of drug-likeness (QED) is 0.708. The summed E-state index contributed by atoms with van der Waals surface area (Å²) in [6.07, 6.45) is -0.0161. The van der Waals surface area contributed by atoms with Crippen LogP contribution >= 0.6 is 0 Å². The third-order valence-electron chi connectivity index (χ3n) is 2.13. The summed E-state index contributed by atoms with van der Waals surface area (Å²) < 4.78 is 5.12. The van der Waals surface area contributed by atoms with Gasteiger partial charge in [0.05, 0.1) is 6.42 Å². The summed E-state index contributed by atoms with van der Waals surface area (Å²) >= 11 is 0. The van der Waals surface area contributed by atoms with E-state index in [0.29, 0.717) is 0 Å². The molecule has 0 spiro atoms. The van der Waals surface area contributed by atoms with E-state index in [1.807, 2.05) is 0 Å². The molecular weight excluding hydrogens is 210 g/mol. The van der Waals surface area contributed by atoms with Crippen molar-refractivity contribution in [1.82, 2.24) is 0 Å². The van der Waals surface area contributed by atoms with E-state index in [2.05, 4.69) is 0 Å². The molecule has 1 atom stereocenters. The monoisotopic (exact) mass is 231 g/mol. The molecule has 0 aromatic rings. The van der Waals surface area contributed by atoms with Crippen LogP contribution in [-0.4, -0.2) is 28.7 Å². The second-order valence-corrected chi connectivity index (χ2v) is 5.57. The Bertz CT molecular complexity index is 278. The Hall–Kier alpha value is -1.10. The van der Waals surface area contributed by atoms with E-state index >= 15 is 0 Å². The molecule has 0 heterocycles. The first-order chi connectivity index (χ1) is 6.96. The zero-order valence-electron chi connectivity index (χ0n) is 10.5. The van der Waals surface area contributed by atoms with E-state index in [0.717, 1.165) is 0 Å². The smallest absolute Gasteiger partial charge is 0.321 e. The molecule has 94 valence electrons. The standard InChI is InChI=1S/C11H21NO4/c1-10(2,3)16-7(13)6-11(4,5)8(12)9(14)15/h8H,6,12H2,1-5H3,(H,14,15)/t8-/m1/s1. The zero-order chi connectivity index (χ0) is 13.1. The molecule has 0 aliphatic rings. The van der Waals surface area contributed by atoms with Crippen LogP contribution in [-0.2, 0) is 14.3 Å². The minimum Gasteiger partial charge on any atom is -0.480 e. The second-order valence-electron chi connectivity index (χ2n) is 5.57. The summed E-state index contributed by atoms with van der Waals surface area (Å²) in [5, 5.41) is 8.79. The summed E-state index contributed by atoms with van der Waals surface area (Å²) in [7, 11) is 0. The van der Waals surface area contributed by atoms with Crippen LogP contribution in [0.3, 0.4) is 0 Å². The van der Waals surface area contributed by atoms with Gasteiger partial charge in [0, 0.05) is 5.41 Å². The molecule has 5 heteroatoms. The zero-order valence-corrected chi connectivity index (χ0v) is 10.5. The molecule has 0 amide bonds. The van der Waals surface area contributed by atoms with Crippen molar-refractivity contribution in [2.24, 2.45) is 11.1 Å². The number of hydrogen-bond donors (Lipinski definition) is 2. The molecule has 0 bridgehead atoms. The van der Waals surface area contributed by atoms with Gasteiger partial charge in [-0.15, -0.1) is 0 Å². The number of hydrogen-bond acceptors (Lipinski definition) is 4. The Morgan fingerprint density at radius 1 is 1.25 bits per heavy atom. The number of aliphatic carboxylic acids is 1. The Balaban J connectivity index is 4.48. The van der Waals surface area contributed by atoms with Crippen LogP contribution in [0.2, 0.25) is 0 Å². The van der Waals surface area contributed by atoms with E-state index in [1.54, 1.807) is 34.6 Å². The van der Waals surface area contributed by atoms with Crippen LogP contribution in [0.1, 0.15) is 41.0 Å². The summed E-state index contributed by atoms with van der Waals surface area (Å²) in [4.78, 5) is 22.3. The first-order valence-electron chi connectivity index (χ1n) is 5.16. The van der Waals surface area contributed by atoms with E-state index in [-0.39, 0.29) is 6.42 Å². The van der Waals surface area contributed by atoms with Gasteiger partial charge in [-0.2, -0.15) is 0 Å². The lowest BCUT2D eigenvalue weighted by atomic mass is 9.81. The van der Waals surface area contributed by atoms with Crippen LogP contribution in [0.25, 0.3) is 0 Å². The Kier molecular flexibility index (Phi) is 4.49. The largest absolute Gasteiger partial charge is 0.480 e. The lowest BCUT2D eigenvalue weighted by Gasteiger charge is -2.29.